The Labute approximate surface area is 186 Å². The quantitative estimate of drug-likeness (QED) is 0.519. The summed E-state index contributed by atoms with van der Waals surface area (Å²) in [5.74, 6) is -0.456. The van der Waals surface area contributed by atoms with Crippen LogP contribution in [0.4, 0.5) is 5.69 Å². The molecule has 0 saturated carbocycles. The zero-order chi connectivity index (χ0) is 21.6. The van der Waals surface area contributed by atoms with Gasteiger partial charge in [0.1, 0.15) is 0 Å². The number of amides is 1. The zero-order valence-corrected chi connectivity index (χ0v) is 18.3. The molecule has 0 aliphatic heterocycles. The van der Waals surface area contributed by atoms with Gasteiger partial charge in [-0.2, -0.15) is 4.31 Å². The van der Waals surface area contributed by atoms with Gasteiger partial charge < -0.3 is 5.32 Å². The molecule has 1 N–H and O–H groups in total. The van der Waals surface area contributed by atoms with Crippen molar-refractivity contribution >= 4 is 44.8 Å². The minimum Gasteiger partial charge on any atom is -0.325 e. The molecule has 3 aromatic rings. The van der Waals surface area contributed by atoms with Crippen molar-refractivity contribution in [1.29, 1.82) is 0 Å². The Balaban J connectivity index is 1.80. The first-order valence-corrected chi connectivity index (χ1v) is 11.4. The standard InChI is InChI=1S/C22H20Cl2N2O3S/c23-18-9-11-21(12-10-18)30(28,29)26(14-13-17-5-2-1-3-6-17)16-22(27)25-20-8-4-7-19(24)15-20/h1-12,15H,13-14,16H2,(H,25,27). The van der Waals surface area contributed by atoms with Crippen LogP contribution >= 0.6 is 23.2 Å². The van der Waals surface area contributed by atoms with Gasteiger partial charge in [0.2, 0.25) is 15.9 Å². The smallest absolute Gasteiger partial charge is 0.243 e. The third-order valence-corrected chi connectivity index (χ3v) is 6.72. The fourth-order valence-corrected chi connectivity index (χ4v) is 4.58. The van der Waals surface area contributed by atoms with E-state index >= 15 is 0 Å². The maximum atomic E-state index is 13.2. The normalized spacial score (nSPS) is 11.4. The third kappa shape index (κ3) is 6.06. The van der Waals surface area contributed by atoms with Crippen LogP contribution in [-0.4, -0.2) is 31.7 Å². The molecule has 0 radical (unpaired) electrons. The van der Waals surface area contributed by atoms with E-state index in [4.69, 9.17) is 23.2 Å². The molecule has 0 saturated heterocycles. The van der Waals surface area contributed by atoms with Crippen molar-refractivity contribution in [2.24, 2.45) is 0 Å². The average Bonchev–Trinajstić information content (AvgIpc) is 2.72. The van der Waals surface area contributed by atoms with E-state index in [1.165, 1.54) is 28.6 Å². The average molecular weight is 463 g/mol. The monoisotopic (exact) mass is 462 g/mol. The number of carbonyl (C=O) groups excluding carboxylic acids is 1. The van der Waals surface area contributed by atoms with E-state index in [2.05, 4.69) is 5.32 Å². The van der Waals surface area contributed by atoms with Crippen LogP contribution in [0.15, 0.2) is 83.8 Å². The van der Waals surface area contributed by atoms with Crippen LogP contribution in [-0.2, 0) is 21.2 Å². The van der Waals surface area contributed by atoms with Crippen LogP contribution in [0.5, 0.6) is 0 Å². The summed E-state index contributed by atoms with van der Waals surface area (Å²) >= 11 is 11.8. The lowest BCUT2D eigenvalue weighted by Crippen LogP contribution is -2.39. The van der Waals surface area contributed by atoms with E-state index in [1.807, 2.05) is 30.3 Å². The van der Waals surface area contributed by atoms with Crippen molar-refractivity contribution in [1.82, 2.24) is 4.31 Å². The van der Waals surface area contributed by atoms with E-state index < -0.39 is 15.9 Å². The number of carbonyl (C=O) groups is 1. The molecule has 1 amide bonds. The van der Waals surface area contributed by atoms with Crippen LogP contribution in [0.25, 0.3) is 0 Å². The van der Waals surface area contributed by atoms with Gasteiger partial charge in [0.25, 0.3) is 0 Å². The summed E-state index contributed by atoms with van der Waals surface area (Å²) in [6.45, 7) is -0.178. The number of nitrogens with zero attached hydrogens (tertiary/aromatic N) is 1. The van der Waals surface area contributed by atoms with E-state index in [1.54, 1.807) is 24.3 Å². The lowest BCUT2D eigenvalue weighted by Gasteiger charge is -2.22. The van der Waals surface area contributed by atoms with Gasteiger partial charge in [0.15, 0.2) is 0 Å². The van der Waals surface area contributed by atoms with Crippen LogP contribution < -0.4 is 5.32 Å². The molecular weight excluding hydrogens is 443 g/mol. The van der Waals surface area contributed by atoms with E-state index in [-0.39, 0.29) is 18.0 Å². The first-order chi connectivity index (χ1) is 14.3. The number of nitrogens with one attached hydrogen (secondary N) is 1. The molecular formula is C22H20Cl2N2O3S. The molecule has 0 aliphatic rings. The zero-order valence-electron chi connectivity index (χ0n) is 16.0. The molecule has 0 bridgehead atoms. The van der Waals surface area contributed by atoms with E-state index in [0.717, 1.165) is 5.56 Å². The minimum atomic E-state index is -3.90. The van der Waals surface area contributed by atoms with Gasteiger partial charge in [-0.25, -0.2) is 8.42 Å². The Hall–Kier alpha value is -2.38. The highest BCUT2D eigenvalue weighted by Gasteiger charge is 2.26. The van der Waals surface area contributed by atoms with Crippen molar-refractivity contribution < 1.29 is 13.2 Å². The molecule has 3 aromatic carbocycles. The number of hydrogen-bond donors (Lipinski definition) is 1. The largest absolute Gasteiger partial charge is 0.325 e. The highest BCUT2D eigenvalue weighted by Crippen LogP contribution is 2.20. The fraction of sp³-hybridized carbons (Fsp3) is 0.136. The third-order valence-electron chi connectivity index (χ3n) is 4.37. The van der Waals surface area contributed by atoms with Crippen LogP contribution in [0.3, 0.4) is 0 Å². The molecule has 0 fully saturated rings. The molecule has 3 rings (SSSR count). The number of hydrogen-bond acceptors (Lipinski definition) is 3. The first kappa shape index (κ1) is 22.3. The maximum Gasteiger partial charge on any atom is 0.243 e. The highest BCUT2D eigenvalue weighted by molar-refractivity contribution is 7.89. The van der Waals surface area contributed by atoms with Gasteiger partial charge in [0, 0.05) is 22.3 Å². The Bertz CT molecular complexity index is 1100. The molecule has 0 atom stereocenters. The number of anilines is 1. The van der Waals surface area contributed by atoms with Gasteiger partial charge in [0.05, 0.1) is 11.4 Å². The van der Waals surface area contributed by atoms with Gasteiger partial charge in [-0.05, 0) is 54.4 Å². The number of rotatable bonds is 8. The Morgan fingerprint density at radius 1 is 0.867 bits per heavy atom. The highest BCUT2D eigenvalue weighted by atomic mass is 35.5. The second-order valence-electron chi connectivity index (χ2n) is 6.59. The molecule has 5 nitrogen and oxygen atoms in total. The van der Waals surface area contributed by atoms with Crippen molar-refractivity contribution in [2.45, 2.75) is 11.3 Å². The predicted molar refractivity (Wildman–Crippen MR) is 120 cm³/mol. The fourth-order valence-electron chi connectivity index (χ4n) is 2.87. The summed E-state index contributed by atoms with van der Waals surface area (Å²) in [5.41, 5.74) is 1.48. The first-order valence-electron chi connectivity index (χ1n) is 9.20. The molecule has 0 aromatic heterocycles. The van der Waals surface area contributed by atoms with Crippen molar-refractivity contribution in [2.75, 3.05) is 18.4 Å². The van der Waals surface area contributed by atoms with Crippen LogP contribution in [0, 0.1) is 0 Å². The number of halogens is 2. The number of benzene rings is 3. The lowest BCUT2D eigenvalue weighted by atomic mass is 10.1. The second-order valence-corrected chi connectivity index (χ2v) is 9.40. The van der Waals surface area contributed by atoms with Gasteiger partial charge >= 0.3 is 0 Å². The second kappa shape index (κ2) is 10.1. The molecule has 0 unspecified atom stereocenters. The van der Waals surface area contributed by atoms with E-state index in [9.17, 15) is 13.2 Å². The van der Waals surface area contributed by atoms with Crippen molar-refractivity contribution in [3.63, 3.8) is 0 Å². The summed E-state index contributed by atoms with van der Waals surface area (Å²) in [6.07, 6.45) is 0.470. The topological polar surface area (TPSA) is 66.5 Å². The molecule has 30 heavy (non-hydrogen) atoms. The Kier molecular flexibility index (Phi) is 7.50. The van der Waals surface area contributed by atoms with Gasteiger partial charge in [-0.15, -0.1) is 0 Å². The van der Waals surface area contributed by atoms with Gasteiger partial charge in [-0.3, -0.25) is 4.79 Å². The Morgan fingerprint density at radius 3 is 2.23 bits per heavy atom. The van der Waals surface area contributed by atoms with Crippen LogP contribution in [0.1, 0.15) is 5.56 Å². The maximum absolute atomic E-state index is 13.2. The molecule has 0 spiro atoms. The van der Waals surface area contributed by atoms with Crippen molar-refractivity contribution in [3.05, 3.63) is 94.5 Å². The molecule has 0 aliphatic carbocycles. The summed E-state index contributed by atoms with van der Waals surface area (Å²) in [5, 5.41) is 3.60. The summed E-state index contributed by atoms with van der Waals surface area (Å²) in [7, 11) is -3.90. The minimum absolute atomic E-state index is 0.0792. The number of sulfonamides is 1. The molecule has 0 heterocycles. The van der Waals surface area contributed by atoms with Crippen LogP contribution in [0.2, 0.25) is 10.0 Å². The molecule has 156 valence electrons. The van der Waals surface area contributed by atoms with Crippen molar-refractivity contribution in [3.8, 4) is 0 Å². The summed E-state index contributed by atoms with van der Waals surface area (Å²) < 4.78 is 27.5. The van der Waals surface area contributed by atoms with Gasteiger partial charge in [-0.1, -0.05) is 59.6 Å². The Morgan fingerprint density at radius 2 is 1.57 bits per heavy atom. The van der Waals surface area contributed by atoms with E-state index in [0.29, 0.717) is 22.2 Å². The summed E-state index contributed by atoms with van der Waals surface area (Å²) in [4.78, 5) is 12.7. The molecule has 8 heteroatoms. The predicted octanol–water partition coefficient (Wildman–Crippen LogP) is 4.87. The lowest BCUT2D eigenvalue weighted by molar-refractivity contribution is -0.116. The summed E-state index contributed by atoms with van der Waals surface area (Å²) in [6, 6.07) is 22.1. The SMILES string of the molecule is O=C(CN(CCc1ccccc1)S(=O)(=O)c1ccc(Cl)cc1)Nc1cccc(Cl)c1.